The van der Waals surface area contributed by atoms with Crippen molar-refractivity contribution in [3.8, 4) is 0 Å². The van der Waals surface area contributed by atoms with E-state index in [2.05, 4.69) is 27.9 Å². The molecule has 1 aromatic carbocycles. The fourth-order valence-corrected chi connectivity index (χ4v) is 4.31. The molecule has 114 valence electrons. The highest BCUT2D eigenvalue weighted by molar-refractivity contribution is 9.10. The number of fused-ring (bicyclic) bond motifs is 2. The molecule has 0 amide bonds. The van der Waals surface area contributed by atoms with Gasteiger partial charge in [0.05, 0.1) is 5.92 Å². The second kappa shape index (κ2) is 6.09. The molecule has 21 heavy (non-hydrogen) atoms. The third kappa shape index (κ3) is 3.02. The van der Waals surface area contributed by atoms with Gasteiger partial charge in [-0.15, -0.1) is 0 Å². The van der Waals surface area contributed by atoms with E-state index in [0.717, 1.165) is 22.9 Å². The molecule has 2 unspecified atom stereocenters. The van der Waals surface area contributed by atoms with Gasteiger partial charge in [-0.05, 0) is 51.3 Å². The molecule has 1 aromatic rings. The van der Waals surface area contributed by atoms with Crippen molar-refractivity contribution in [3.63, 3.8) is 0 Å². The number of hydrogen-bond acceptors (Lipinski definition) is 3. The molecule has 2 bridgehead atoms. The predicted octanol–water partition coefficient (Wildman–Crippen LogP) is 3.72. The number of hydrogen-bond donors (Lipinski definition) is 0. The average molecular weight is 352 g/mol. The van der Waals surface area contributed by atoms with Crippen LogP contribution in [-0.4, -0.2) is 36.1 Å². The predicted molar refractivity (Wildman–Crippen MR) is 86.2 cm³/mol. The Labute approximate surface area is 134 Å². The maximum Gasteiger partial charge on any atom is 0.313 e. The van der Waals surface area contributed by atoms with Crippen LogP contribution in [0.2, 0.25) is 0 Å². The number of rotatable bonds is 3. The van der Waals surface area contributed by atoms with Crippen molar-refractivity contribution in [2.24, 2.45) is 0 Å². The van der Waals surface area contributed by atoms with Crippen molar-refractivity contribution in [3.05, 3.63) is 34.3 Å². The molecule has 2 heterocycles. The van der Waals surface area contributed by atoms with E-state index in [9.17, 15) is 4.79 Å². The van der Waals surface area contributed by atoms with Gasteiger partial charge >= 0.3 is 5.97 Å². The maximum absolute atomic E-state index is 12.4. The van der Waals surface area contributed by atoms with Crippen LogP contribution in [0.25, 0.3) is 0 Å². The minimum absolute atomic E-state index is 0.0936. The monoisotopic (exact) mass is 351 g/mol. The van der Waals surface area contributed by atoms with E-state index in [1.165, 1.54) is 12.8 Å². The summed E-state index contributed by atoms with van der Waals surface area (Å²) in [4.78, 5) is 14.9. The summed E-state index contributed by atoms with van der Waals surface area (Å²) in [7, 11) is 2.20. The minimum Gasteiger partial charge on any atom is -0.462 e. The largest absolute Gasteiger partial charge is 0.462 e. The van der Waals surface area contributed by atoms with Gasteiger partial charge < -0.3 is 9.64 Å². The lowest BCUT2D eigenvalue weighted by Gasteiger charge is -2.36. The molecule has 2 fully saturated rings. The van der Waals surface area contributed by atoms with Gasteiger partial charge in [0.2, 0.25) is 0 Å². The normalized spacial score (nSPS) is 30.1. The number of ether oxygens (including phenoxy) is 1. The van der Waals surface area contributed by atoms with Gasteiger partial charge in [-0.1, -0.05) is 34.1 Å². The molecule has 2 aliphatic heterocycles. The Morgan fingerprint density at radius 1 is 1.29 bits per heavy atom. The van der Waals surface area contributed by atoms with Crippen LogP contribution in [0.5, 0.6) is 0 Å². The van der Waals surface area contributed by atoms with E-state index in [0.29, 0.717) is 12.1 Å². The molecule has 3 rings (SSSR count). The fraction of sp³-hybridized carbons (Fsp3) is 0.588. The summed E-state index contributed by atoms with van der Waals surface area (Å²) < 4.78 is 6.78. The molecule has 3 nitrogen and oxygen atoms in total. The van der Waals surface area contributed by atoms with Gasteiger partial charge in [-0.25, -0.2) is 0 Å². The molecule has 0 aliphatic carbocycles. The van der Waals surface area contributed by atoms with Gasteiger partial charge in [-0.3, -0.25) is 4.79 Å². The van der Waals surface area contributed by atoms with E-state index >= 15 is 0 Å². The van der Waals surface area contributed by atoms with Gasteiger partial charge in [0.15, 0.2) is 0 Å². The highest BCUT2D eigenvalue weighted by Gasteiger charge is 2.40. The van der Waals surface area contributed by atoms with Crippen LogP contribution >= 0.6 is 15.9 Å². The smallest absolute Gasteiger partial charge is 0.313 e. The standard InChI is InChI=1S/C17H22BrNO2/c1-11(15-5-3-4-6-16(15)18)17(20)21-14-9-12-7-8-13(10-14)19(12)2/h3-6,11-14H,7-10H2,1-2H3/t11?,12-,13+,14?. The van der Waals surface area contributed by atoms with Crippen molar-refractivity contribution in [1.29, 1.82) is 0 Å². The van der Waals surface area contributed by atoms with Crippen molar-refractivity contribution in [2.45, 2.75) is 56.7 Å². The third-order valence-corrected chi connectivity index (χ3v) is 5.79. The molecule has 0 saturated carbocycles. The number of benzene rings is 1. The summed E-state index contributed by atoms with van der Waals surface area (Å²) in [5, 5.41) is 0. The first-order chi connectivity index (χ1) is 10.1. The third-order valence-electron chi connectivity index (χ3n) is 5.06. The van der Waals surface area contributed by atoms with Crippen molar-refractivity contribution < 1.29 is 9.53 Å². The molecule has 2 saturated heterocycles. The van der Waals surface area contributed by atoms with Gasteiger partial charge in [-0.2, -0.15) is 0 Å². The molecule has 0 spiro atoms. The summed E-state index contributed by atoms with van der Waals surface area (Å²) in [6.07, 6.45) is 4.56. The second-order valence-electron chi connectivity index (χ2n) is 6.32. The number of carbonyl (C=O) groups excluding carboxylic acids is 1. The SMILES string of the molecule is CC(C(=O)OC1C[C@H]2CC[C@@H](C1)N2C)c1ccccc1Br. The quantitative estimate of drug-likeness (QED) is 0.777. The lowest BCUT2D eigenvalue weighted by Crippen LogP contribution is -2.43. The second-order valence-corrected chi connectivity index (χ2v) is 7.18. The van der Waals surface area contributed by atoms with Gasteiger partial charge in [0, 0.05) is 16.6 Å². The Morgan fingerprint density at radius 2 is 1.90 bits per heavy atom. The summed E-state index contributed by atoms with van der Waals surface area (Å²) in [5.41, 5.74) is 0.999. The minimum atomic E-state index is -0.224. The first-order valence-corrected chi connectivity index (χ1v) is 8.52. The van der Waals surface area contributed by atoms with Crippen LogP contribution in [0, 0.1) is 0 Å². The number of piperidine rings is 1. The maximum atomic E-state index is 12.4. The Morgan fingerprint density at radius 3 is 2.52 bits per heavy atom. The lowest BCUT2D eigenvalue weighted by molar-refractivity contribution is -0.153. The van der Waals surface area contributed by atoms with Crippen molar-refractivity contribution in [2.75, 3.05) is 7.05 Å². The average Bonchev–Trinajstić information content (AvgIpc) is 2.69. The lowest BCUT2D eigenvalue weighted by atomic mass is 9.99. The molecule has 4 heteroatoms. The number of nitrogens with zero attached hydrogens (tertiary/aromatic N) is 1. The number of esters is 1. The van der Waals surface area contributed by atoms with Crippen LogP contribution < -0.4 is 0 Å². The zero-order valence-corrected chi connectivity index (χ0v) is 14.2. The summed E-state index contributed by atoms with van der Waals surface area (Å²) >= 11 is 3.51. The van der Waals surface area contributed by atoms with E-state index in [1.54, 1.807) is 0 Å². The molecule has 0 radical (unpaired) electrons. The van der Waals surface area contributed by atoms with Crippen molar-refractivity contribution in [1.82, 2.24) is 4.90 Å². The van der Waals surface area contributed by atoms with Gasteiger partial charge in [0.1, 0.15) is 6.10 Å². The first kappa shape index (κ1) is 15.0. The molecule has 2 aliphatic rings. The summed E-state index contributed by atoms with van der Waals surface area (Å²) in [5.74, 6) is -0.325. The highest BCUT2D eigenvalue weighted by Crippen LogP contribution is 2.36. The van der Waals surface area contributed by atoms with E-state index in [1.807, 2.05) is 31.2 Å². The zero-order valence-electron chi connectivity index (χ0n) is 12.6. The van der Waals surface area contributed by atoms with Crippen LogP contribution in [0.3, 0.4) is 0 Å². The topological polar surface area (TPSA) is 29.5 Å². The first-order valence-electron chi connectivity index (χ1n) is 7.73. The Bertz CT molecular complexity index is 519. The van der Waals surface area contributed by atoms with E-state index in [-0.39, 0.29) is 18.0 Å². The zero-order chi connectivity index (χ0) is 15.0. The molecule has 0 aromatic heterocycles. The molecule has 0 N–H and O–H groups in total. The molecule has 4 atom stereocenters. The van der Waals surface area contributed by atoms with E-state index < -0.39 is 0 Å². The van der Waals surface area contributed by atoms with Crippen molar-refractivity contribution >= 4 is 21.9 Å². The van der Waals surface area contributed by atoms with Crippen LogP contribution in [0.15, 0.2) is 28.7 Å². The number of carbonyl (C=O) groups is 1. The summed E-state index contributed by atoms with van der Waals surface area (Å²) in [6, 6.07) is 9.06. The molecular weight excluding hydrogens is 330 g/mol. The Hall–Kier alpha value is -0.870. The van der Waals surface area contributed by atoms with Crippen LogP contribution in [0.1, 0.15) is 44.1 Å². The Kier molecular flexibility index (Phi) is 4.36. The van der Waals surface area contributed by atoms with Gasteiger partial charge in [0.25, 0.3) is 0 Å². The summed E-state index contributed by atoms with van der Waals surface area (Å²) in [6.45, 7) is 1.92. The highest BCUT2D eigenvalue weighted by atomic mass is 79.9. The van der Waals surface area contributed by atoms with Crippen LogP contribution in [-0.2, 0) is 9.53 Å². The van der Waals surface area contributed by atoms with Crippen LogP contribution in [0.4, 0.5) is 0 Å². The van der Waals surface area contributed by atoms with E-state index in [4.69, 9.17) is 4.74 Å². The number of halogens is 1. The molecular formula is C17H22BrNO2. The fourth-order valence-electron chi connectivity index (χ4n) is 3.68. The Balaban J connectivity index is 1.63.